The van der Waals surface area contributed by atoms with Crippen LogP contribution in [0.4, 0.5) is 0 Å². The fourth-order valence-corrected chi connectivity index (χ4v) is 9.07. The highest BCUT2D eigenvalue weighted by Gasteiger charge is 2.51. The van der Waals surface area contributed by atoms with Crippen molar-refractivity contribution in [3.05, 3.63) is 96.6 Å². The molecule has 0 bridgehead atoms. The van der Waals surface area contributed by atoms with Crippen molar-refractivity contribution < 1.29 is 4.43 Å². The Hall–Kier alpha value is -2.16. The summed E-state index contributed by atoms with van der Waals surface area (Å²) in [5.74, 6) is 0. The minimum Gasteiger partial charge on any atom is -0.405 e. The smallest absolute Gasteiger partial charge is 0.258 e. The van der Waals surface area contributed by atoms with E-state index in [-0.39, 0.29) is 0 Å². The van der Waals surface area contributed by atoms with E-state index in [0.717, 1.165) is 19.3 Å². The van der Waals surface area contributed by atoms with Gasteiger partial charge in [-0.2, -0.15) is 0 Å². The zero-order chi connectivity index (χ0) is 17.8. The van der Waals surface area contributed by atoms with Crippen LogP contribution in [0.1, 0.15) is 25.3 Å². The van der Waals surface area contributed by atoms with Crippen LogP contribution in [0.5, 0.6) is 0 Å². The second kappa shape index (κ2) is 7.61. The van der Waals surface area contributed by atoms with Gasteiger partial charge in [0.1, 0.15) is 0 Å². The third-order valence-electron chi connectivity index (χ3n) is 5.67. The number of hydrogen-bond donors (Lipinski definition) is 0. The Morgan fingerprint density at radius 1 is 0.769 bits per heavy atom. The average molecular weight is 359 g/mol. The van der Waals surface area contributed by atoms with E-state index in [4.69, 9.17) is 4.43 Å². The minimum absolute atomic E-state index is 0.345. The second-order valence-electron chi connectivity index (χ2n) is 7.37. The summed E-state index contributed by atoms with van der Waals surface area (Å²) >= 11 is 0. The molecule has 0 spiro atoms. The molecule has 0 amide bonds. The zero-order valence-corrected chi connectivity index (χ0v) is 16.3. The third-order valence-corrected chi connectivity index (χ3v) is 10.4. The van der Waals surface area contributed by atoms with Crippen LogP contribution in [0.3, 0.4) is 0 Å². The van der Waals surface area contributed by atoms with E-state index >= 15 is 0 Å². The largest absolute Gasteiger partial charge is 0.405 e. The first-order chi connectivity index (χ1) is 12.8. The van der Waals surface area contributed by atoms with Crippen LogP contribution in [0, 0.1) is 0 Å². The summed E-state index contributed by atoms with van der Waals surface area (Å²) in [6, 6.07) is 32.7. The lowest BCUT2D eigenvalue weighted by Gasteiger charge is -2.31. The number of aryl methyl sites for hydroxylation is 1. The van der Waals surface area contributed by atoms with Crippen molar-refractivity contribution in [3.8, 4) is 0 Å². The van der Waals surface area contributed by atoms with Crippen LogP contribution in [-0.4, -0.2) is 14.4 Å². The molecule has 26 heavy (non-hydrogen) atoms. The van der Waals surface area contributed by atoms with Gasteiger partial charge in [0.25, 0.3) is 8.32 Å². The Morgan fingerprint density at radius 2 is 1.27 bits per heavy atom. The molecule has 0 N–H and O–H groups in total. The number of hydrogen-bond acceptors (Lipinski definition) is 1. The maximum absolute atomic E-state index is 6.99. The Kier molecular flexibility index (Phi) is 5.05. The molecule has 2 heteroatoms. The topological polar surface area (TPSA) is 9.23 Å². The molecule has 0 unspecified atom stereocenters. The van der Waals surface area contributed by atoms with Crippen molar-refractivity contribution in [1.82, 2.24) is 0 Å². The van der Waals surface area contributed by atoms with Gasteiger partial charge in [-0.15, -0.1) is 0 Å². The molecular formula is C24H26OSi. The van der Waals surface area contributed by atoms with Crippen molar-refractivity contribution in [2.24, 2.45) is 0 Å². The van der Waals surface area contributed by atoms with E-state index in [1.165, 1.54) is 15.9 Å². The fraction of sp³-hybridized carbons (Fsp3) is 0.250. The van der Waals surface area contributed by atoms with E-state index in [9.17, 15) is 0 Å². The number of rotatable bonds is 5. The fourth-order valence-electron chi connectivity index (χ4n) is 4.38. The van der Waals surface area contributed by atoms with Crippen LogP contribution in [-0.2, 0) is 10.8 Å². The summed E-state index contributed by atoms with van der Waals surface area (Å²) in [5, 5.41) is 2.81. The van der Waals surface area contributed by atoms with Gasteiger partial charge < -0.3 is 4.43 Å². The predicted octanol–water partition coefficient (Wildman–Crippen LogP) is 4.56. The van der Waals surface area contributed by atoms with Crippen molar-refractivity contribution in [2.75, 3.05) is 0 Å². The van der Waals surface area contributed by atoms with E-state index < -0.39 is 8.32 Å². The molecule has 0 radical (unpaired) electrons. The monoisotopic (exact) mass is 358 g/mol. The van der Waals surface area contributed by atoms with Crippen molar-refractivity contribution in [2.45, 2.75) is 37.8 Å². The Balaban J connectivity index is 1.62. The van der Waals surface area contributed by atoms with Crippen molar-refractivity contribution in [3.63, 3.8) is 0 Å². The lowest BCUT2D eigenvalue weighted by atomic mass is 10.0. The van der Waals surface area contributed by atoms with Crippen LogP contribution in [0.15, 0.2) is 91.0 Å². The Morgan fingerprint density at radius 3 is 1.81 bits per heavy atom. The number of benzene rings is 3. The molecule has 1 heterocycles. The Labute approximate surface area is 157 Å². The summed E-state index contributed by atoms with van der Waals surface area (Å²) in [7, 11) is -2.19. The quantitative estimate of drug-likeness (QED) is 0.608. The molecule has 2 atom stereocenters. The van der Waals surface area contributed by atoms with Gasteiger partial charge >= 0.3 is 0 Å². The summed E-state index contributed by atoms with van der Waals surface area (Å²) in [5.41, 5.74) is 1.98. The van der Waals surface area contributed by atoms with E-state index in [1.54, 1.807) is 0 Å². The molecule has 1 saturated heterocycles. The van der Waals surface area contributed by atoms with Gasteiger partial charge in [-0.05, 0) is 40.7 Å². The first-order valence-electron chi connectivity index (χ1n) is 9.62. The standard InChI is InChI=1S/C24H26OSi/c1-20-19-22(18-17-21-11-5-2-6-12-21)25-26(20,23-13-7-3-8-14-23)24-15-9-4-10-16-24/h2-16,20,22H,17-19H2,1H3/t20-,22-/m0/s1. The van der Waals surface area contributed by atoms with Crippen LogP contribution in [0.2, 0.25) is 5.54 Å². The average Bonchev–Trinajstić information content (AvgIpc) is 3.06. The van der Waals surface area contributed by atoms with E-state index in [2.05, 4.69) is 97.9 Å². The SMILES string of the molecule is C[C@H]1C[C@H](CCc2ccccc2)O[Si]1(c1ccccc1)c1ccccc1. The highest BCUT2D eigenvalue weighted by Crippen LogP contribution is 2.38. The highest BCUT2D eigenvalue weighted by atomic mass is 28.4. The normalized spacial score (nSPS) is 21.6. The van der Waals surface area contributed by atoms with E-state index in [0.29, 0.717) is 11.6 Å². The van der Waals surface area contributed by atoms with Gasteiger partial charge in [-0.25, -0.2) is 0 Å². The van der Waals surface area contributed by atoms with Crippen LogP contribution >= 0.6 is 0 Å². The van der Waals surface area contributed by atoms with E-state index in [1.807, 2.05) is 0 Å². The van der Waals surface area contributed by atoms with Gasteiger partial charge in [0, 0.05) is 6.10 Å². The lowest BCUT2D eigenvalue weighted by molar-refractivity contribution is 0.216. The van der Waals surface area contributed by atoms with Gasteiger partial charge in [0.15, 0.2) is 0 Å². The molecule has 1 aliphatic rings. The molecule has 3 aromatic rings. The predicted molar refractivity (Wildman–Crippen MR) is 112 cm³/mol. The van der Waals surface area contributed by atoms with Gasteiger partial charge in [0.2, 0.25) is 0 Å². The summed E-state index contributed by atoms with van der Waals surface area (Å²) in [6.45, 7) is 2.40. The maximum atomic E-state index is 6.99. The summed E-state index contributed by atoms with van der Waals surface area (Å²) in [4.78, 5) is 0. The van der Waals surface area contributed by atoms with Crippen LogP contribution in [0.25, 0.3) is 0 Å². The zero-order valence-electron chi connectivity index (χ0n) is 15.3. The first-order valence-corrected chi connectivity index (χ1v) is 11.6. The Bertz CT molecular complexity index is 777. The molecule has 1 aliphatic heterocycles. The second-order valence-corrected chi connectivity index (χ2v) is 11.2. The molecule has 0 aromatic heterocycles. The highest BCUT2D eigenvalue weighted by molar-refractivity contribution is 6.98. The molecule has 132 valence electrons. The van der Waals surface area contributed by atoms with Gasteiger partial charge in [-0.3, -0.25) is 0 Å². The molecule has 1 nitrogen and oxygen atoms in total. The maximum Gasteiger partial charge on any atom is 0.258 e. The van der Waals surface area contributed by atoms with Crippen LogP contribution < -0.4 is 10.4 Å². The van der Waals surface area contributed by atoms with Crippen molar-refractivity contribution >= 4 is 18.7 Å². The van der Waals surface area contributed by atoms with Gasteiger partial charge in [-0.1, -0.05) is 97.9 Å². The molecule has 3 aromatic carbocycles. The van der Waals surface area contributed by atoms with Gasteiger partial charge in [0.05, 0.1) is 0 Å². The molecule has 4 rings (SSSR count). The summed E-state index contributed by atoms with van der Waals surface area (Å²) in [6.07, 6.45) is 3.69. The molecule has 1 fully saturated rings. The first kappa shape index (κ1) is 17.3. The molecule has 0 aliphatic carbocycles. The minimum atomic E-state index is -2.19. The molecule has 0 saturated carbocycles. The lowest BCUT2D eigenvalue weighted by Crippen LogP contribution is -2.61. The van der Waals surface area contributed by atoms with Crippen molar-refractivity contribution in [1.29, 1.82) is 0 Å². The third kappa shape index (κ3) is 3.27. The molecular weight excluding hydrogens is 332 g/mol. The summed E-state index contributed by atoms with van der Waals surface area (Å²) < 4.78 is 6.99.